The molecule has 0 saturated carbocycles. The first-order valence-electron chi connectivity index (χ1n) is 9.79. The summed E-state index contributed by atoms with van der Waals surface area (Å²) in [6, 6.07) is 12.6. The molecule has 1 fully saturated rings. The third-order valence-corrected chi connectivity index (χ3v) is 6.50. The molecule has 1 saturated heterocycles. The average Bonchev–Trinajstić information content (AvgIpc) is 3.44. The van der Waals surface area contributed by atoms with E-state index in [2.05, 4.69) is 20.7 Å². The second-order valence-corrected chi connectivity index (χ2v) is 9.00. The van der Waals surface area contributed by atoms with Gasteiger partial charge in [-0.3, -0.25) is 0 Å². The van der Waals surface area contributed by atoms with Gasteiger partial charge in [-0.1, -0.05) is 29.3 Å². The number of benzene rings is 2. The first kappa shape index (κ1) is 22.9. The molecule has 0 radical (unpaired) electrons. The van der Waals surface area contributed by atoms with Crippen molar-refractivity contribution in [1.82, 2.24) is 20.1 Å². The van der Waals surface area contributed by atoms with Gasteiger partial charge in [0.25, 0.3) is 0 Å². The predicted octanol–water partition coefficient (Wildman–Crippen LogP) is 4.40. The van der Waals surface area contributed by atoms with E-state index in [0.29, 0.717) is 34.5 Å². The van der Waals surface area contributed by atoms with Crippen LogP contribution >= 0.6 is 35.0 Å². The maximum atomic E-state index is 11.4. The molecule has 2 aromatic carbocycles. The molecule has 0 aliphatic carbocycles. The van der Waals surface area contributed by atoms with Crippen LogP contribution in [0.2, 0.25) is 10.0 Å². The van der Waals surface area contributed by atoms with E-state index in [-0.39, 0.29) is 12.1 Å². The first-order valence-corrected chi connectivity index (χ1v) is 11.5. The van der Waals surface area contributed by atoms with E-state index in [1.807, 2.05) is 30.3 Å². The number of hydrogen-bond donors (Lipinski definition) is 2. The van der Waals surface area contributed by atoms with Crippen LogP contribution in [-0.2, 0) is 21.8 Å². The van der Waals surface area contributed by atoms with E-state index in [1.54, 1.807) is 42.0 Å². The molecule has 2 N–H and O–H groups in total. The van der Waals surface area contributed by atoms with E-state index < -0.39 is 5.79 Å². The lowest BCUT2D eigenvalue weighted by molar-refractivity contribution is -0.186. The van der Waals surface area contributed by atoms with Crippen LogP contribution in [0.4, 0.5) is 10.5 Å². The third-order valence-electron chi connectivity index (χ3n) is 4.81. The molecule has 0 bridgehead atoms. The molecule has 0 spiro atoms. The molecule has 3 aromatic rings. The van der Waals surface area contributed by atoms with Gasteiger partial charge in [0.05, 0.1) is 17.7 Å². The topological polar surface area (TPSA) is 90.3 Å². The fraction of sp³-hybridized carbons (Fsp3) is 0.286. The molecule has 1 aliphatic heterocycles. The number of nitrogens with one attached hydrogen (secondary N) is 2. The number of urea groups is 1. The summed E-state index contributed by atoms with van der Waals surface area (Å²) in [6.45, 7) is 0.701. The van der Waals surface area contributed by atoms with Crippen molar-refractivity contribution in [3.05, 3.63) is 70.7 Å². The second-order valence-electron chi connectivity index (χ2n) is 7.06. The largest absolute Gasteiger partial charge is 0.342 e. The molecule has 4 rings (SSSR count). The number of hydrogen-bond acceptors (Lipinski definition) is 6. The SMILES string of the molecule is CNC(=O)Nc1ccc(SC[C@@H]2CO[C@@](Cn3cncn3)(c3ccc(Cl)cc3Cl)O2)cc1. The summed E-state index contributed by atoms with van der Waals surface area (Å²) >= 11 is 14.2. The van der Waals surface area contributed by atoms with Crippen LogP contribution in [-0.4, -0.2) is 46.3 Å². The van der Waals surface area contributed by atoms with Crippen molar-refractivity contribution in [1.29, 1.82) is 0 Å². The Morgan fingerprint density at radius 2 is 2.09 bits per heavy atom. The Morgan fingerprint density at radius 1 is 1.28 bits per heavy atom. The number of anilines is 1. The van der Waals surface area contributed by atoms with Gasteiger partial charge in [-0.05, 0) is 36.4 Å². The summed E-state index contributed by atoms with van der Waals surface area (Å²) in [4.78, 5) is 16.5. The van der Waals surface area contributed by atoms with E-state index >= 15 is 0 Å². The van der Waals surface area contributed by atoms with Crippen molar-refractivity contribution >= 4 is 46.7 Å². The summed E-state index contributed by atoms with van der Waals surface area (Å²) in [5.41, 5.74) is 1.41. The number of carbonyl (C=O) groups excluding carboxylic acids is 1. The number of halogens is 2. The maximum Gasteiger partial charge on any atom is 0.318 e. The lowest BCUT2D eigenvalue weighted by atomic mass is 10.1. The number of aromatic nitrogens is 3. The summed E-state index contributed by atoms with van der Waals surface area (Å²) in [5.74, 6) is -0.422. The van der Waals surface area contributed by atoms with Gasteiger partial charge in [0.15, 0.2) is 0 Å². The van der Waals surface area contributed by atoms with Gasteiger partial charge < -0.3 is 20.1 Å². The van der Waals surface area contributed by atoms with Gasteiger partial charge in [-0.2, -0.15) is 5.10 Å². The monoisotopic (exact) mass is 493 g/mol. The van der Waals surface area contributed by atoms with Gasteiger partial charge in [-0.25, -0.2) is 14.5 Å². The smallest absolute Gasteiger partial charge is 0.318 e. The van der Waals surface area contributed by atoms with Crippen molar-refractivity contribution in [3.8, 4) is 0 Å². The lowest BCUT2D eigenvalue weighted by Crippen LogP contribution is -2.34. The Bertz CT molecular complexity index is 1070. The number of nitrogens with zero attached hydrogens (tertiary/aromatic N) is 3. The fourth-order valence-corrected chi connectivity index (χ4v) is 4.72. The summed E-state index contributed by atoms with van der Waals surface area (Å²) in [6.07, 6.45) is 2.90. The zero-order valence-corrected chi connectivity index (χ0v) is 19.5. The van der Waals surface area contributed by atoms with Gasteiger partial charge >= 0.3 is 6.03 Å². The molecular formula is C21H21Cl2N5O3S. The summed E-state index contributed by atoms with van der Waals surface area (Å²) in [5, 5.41) is 10.4. The lowest BCUT2D eigenvalue weighted by Gasteiger charge is -2.29. The highest BCUT2D eigenvalue weighted by Gasteiger charge is 2.45. The van der Waals surface area contributed by atoms with Crippen molar-refractivity contribution in [3.63, 3.8) is 0 Å². The molecule has 1 aromatic heterocycles. The molecule has 11 heteroatoms. The number of ether oxygens (including phenoxy) is 2. The minimum absolute atomic E-state index is 0.168. The van der Waals surface area contributed by atoms with Gasteiger partial charge in [0.1, 0.15) is 19.2 Å². The highest BCUT2D eigenvalue weighted by Crippen LogP contribution is 2.41. The normalized spacial score (nSPS) is 20.3. The van der Waals surface area contributed by atoms with Crippen LogP contribution in [0.3, 0.4) is 0 Å². The summed E-state index contributed by atoms with van der Waals surface area (Å²) < 4.78 is 14.3. The summed E-state index contributed by atoms with van der Waals surface area (Å²) in [7, 11) is 1.57. The van der Waals surface area contributed by atoms with Crippen molar-refractivity contribution in [2.75, 3.05) is 24.7 Å². The number of carbonyl (C=O) groups is 1. The highest BCUT2D eigenvalue weighted by molar-refractivity contribution is 7.99. The Labute approximate surface area is 199 Å². The van der Waals surface area contributed by atoms with E-state index in [4.69, 9.17) is 32.7 Å². The fourth-order valence-electron chi connectivity index (χ4n) is 3.30. The maximum absolute atomic E-state index is 11.4. The van der Waals surface area contributed by atoms with Crippen molar-refractivity contribution in [2.24, 2.45) is 0 Å². The molecule has 8 nitrogen and oxygen atoms in total. The third kappa shape index (κ3) is 5.36. The Hall–Kier alpha value is -2.30. The van der Waals surface area contributed by atoms with Crippen LogP contribution in [0, 0.1) is 0 Å². The van der Waals surface area contributed by atoms with Crippen molar-refractivity contribution in [2.45, 2.75) is 23.3 Å². The van der Waals surface area contributed by atoms with E-state index in [9.17, 15) is 4.79 Å². The molecule has 0 unspecified atom stereocenters. The minimum Gasteiger partial charge on any atom is -0.342 e. The predicted molar refractivity (Wildman–Crippen MR) is 124 cm³/mol. The highest BCUT2D eigenvalue weighted by atomic mass is 35.5. The van der Waals surface area contributed by atoms with Crippen LogP contribution in [0.1, 0.15) is 5.56 Å². The van der Waals surface area contributed by atoms with Crippen LogP contribution in [0.15, 0.2) is 60.0 Å². The number of rotatable bonds is 7. The zero-order chi connectivity index (χ0) is 22.6. The second kappa shape index (κ2) is 10.1. The first-order chi connectivity index (χ1) is 15.5. The molecule has 1 aliphatic rings. The van der Waals surface area contributed by atoms with E-state index in [0.717, 1.165) is 10.6 Å². The van der Waals surface area contributed by atoms with Crippen LogP contribution in [0.25, 0.3) is 0 Å². The zero-order valence-electron chi connectivity index (χ0n) is 17.1. The Balaban J connectivity index is 1.45. The molecular weight excluding hydrogens is 473 g/mol. The van der Waals surface area contributed by atoms with Crippen LogP contribution < -0.4 is 10.6 Å². The van der Waals surface area contributed by atoms with Gasteiger partial charge in [0, 0.05) is 34.0 Å². The van der Waals surface area contributed by atoms with Gasteiger partial charge in [-0.15, -0.1) is 11.8 Å². The molecule has 2 atom stereocenters. The number of thioether (sulfide) groups is 1. The molecule has 168 valence electrons. The van der Waals surface area contributed by atoms with Crippen molar-refractivity contribution < 1.29 is 14.3 Å². The molecule has 2 heterocycles. The van der Waals surface area contributed by atoms with Crippen LogP contribution in [0.5, 0.6) is 0 Å². The molecule has 32 heavy (non-hydrogen) atoms. The van der Waals surface area contributed by atoms with E-state index in [1.165, 1.54) is 6.33 Å². The average molecular weight is 494 g/mol. The quantitative estimate of drug-likeness (QED) is 0.474. The standard InChI is InChI=1S/C21H21Cl2N5O3S/c1-24-20(29)27-15-3-5-17(6-4-15)32-10-16-9-30-21(31-16,11-28-13-25-12-26-28)18-7-2-14(22)8-19(18)23/h2-8,12-13,16H,9-11H2,1H3,(H2,24,27,29)/t16-,21+/m0/s1. The number of amides is 2. The molecule has 2 amide bonds. The Morgan fingerprint density at radius 3 is 2.78 bits per heavy atom. The Kier molecular flexibility index (Phi) is 7.22. The minimum atomic E-state index is -1.10. The van der Waals surface area contributed by atoms with Gasteiger partial charge in [0.2, 0.25) is 5.79 Å².